The Kier molecular flexibility index (Phi) is 3.87. The van der Waals surface area contributed by atoms with Crippen LogP contribution in [-0.4, -0.2) is 37.5 Å². The highest BCUT2D eigenvalue weighted by Gasteiger charge is 2.23. The Labute approximate surface area is 108 Å². The van der Waals surface area contributed by atoms with Crippen LogP contribution in [0.2, 0.25) is 0 Å². The summed E-state index contributed by atoms with van der Waals surface area (Å²) in [5.41, 5.74) is 8.38. The van der Waals surface area contributed by atoms with Crippen molar-refractivity contribution >= 4 is 11.6 Å². The molecule has 0 saturated carbocycles. The molecule has 1 fully saturated rings. The zero-order valence-corrected chi connectivity index (χ0v) is 11.1. The molecule has 1 aromatic rings. The summed E-state index contributed by atoms with van der Waals surface area (Å²) < 4.78 is 0. The molecule has 1 saturated heterocycles. The largest absolute Gasteiger partial charge is 0.360 e. The molecule has 2 N–H and O–H groups in total. The first kappa shape index (κ1) is 12.9. The lowest BCUT2D eigenvalue weighted by Crippen LogP contribution is -2.49. The molecule has 0 spiro atoms. The molecule has 1 heterocycles. The number of para-hydroxylation sites is 1. The van der Waals surface area contributed by atoms with Gasteiger partial charge in [-0.05, 0) is 18.1 Å². The van der Waals surface area contributed by atoms with Crippen molar-refractivity contribution in [3.8, 4) is 0 Å². The van der Waals surface area contributed by atoms with E-state index in [0.717, 1.165) is 30.8 Å². The fraction of sp³-hybridized carbons (Fsp3) is 0.500. The normalized spacial score (nSPS) is 18.1. The maximum atomic E-state index is 11.8. The van der Waals surface area contributed by atoms with Crippen LogP contribution in [0.25, 0.3) is 0 Å². The predicted octanol–water partition coefficient (Wildman–Crippen LogP) is 1.37. The molecule has 0 bridgehead atoms. The predicted molar refractivity (Wildman–Crippen MR) is 73.5 cm³/mol. The topological polar surface area (TPSA) is 49.6 Å². The average Bonchev–Trinajstić information content (AvgIpc) is 2.41. The van der Waals surface area contributed by atoms with Crippen molar-refractivity contribution in [2.45, 2.75) is 19.4 Å². The number of anilines is 1. The maximum Gasteiger partial charge on any atom is 0.241 e. The molecule has 2 rings (SSSR count). The molecule has 1 aromatic carbocycles. The molecule has 4 heteroatoms. The first-order valence-corrected chi connectivity index (χ1v) is 6.47. The van der Waals surface area contributed by atoms with E-state index >= 15 is 0 Å². The third-order valence-corrected chi connectivity index (χ3v) is 3.57. The van der Waals surface area contributed by atoms with Gasteiger partial charge < -0.3 is 15.5 Å². The highest BCUT2D eigenvalue weighted by Crippen LogP contribution is 2.27. The second-order valence-electron chi connectivity index (χ2n) is 4.81. The van der Waals surface area contributed by atoms with Crippen LogP contribution in [-0.2, 0) is 4.79 Å². The van der Waals surface area contributed by atoms with Crippen LogP contribution >= 0.6 is 0 Å². The fourth-order valence-electron chi connectivity index (χ4n) is 2.27. The molecule has 1 aliphatic rings. The van der Waals surface area contributed by atoms with Crippen LogP contribution in [0.5, 0.6) is 0 Å². The summed E-state index contributed by atoms with van der Waals surface area (Å²) in [6.07, 6.45) is 0.901. The van der Waals surface area contributed by atoms with Crippen molar-refractivity contribution in [3.05, 3.63) is 29.8 Å². The number of nitrogens with zero attached hydrogens (tertiary/aromatic N) is 2. The van der Waals surface area contributed by atoms with E-state index in [1.807, 2.05) is 19.2 Å². The van der Waals surface area contributed by atoms with Crippen molar-refractivity contribution in [1.82, 2.24) is 4.90 Å². The first-order valence-electron chi connectivity index (χ1n) is 6.47. The highest BCUT2D eigenvalue weighted by atomic mass is 16.2. The van der Waals surface area contributed by atoms with Crippen molar-refractivity contribution in [2.24, 2.45) is 5.73 Å². The smallest absolute Gasteiger partial charge is 0.241 e. The average molecular weight is 247 g/mol. The quantitative estimate of drug-likeness (QED) is 0.877. The van der Waals surface area contributed by atoms with Crippen molar-refractivity contribution < 1.29 is 4.79 Å². The molecule has 1 amide bonds. The number of likely N-dealkylation sites (N-methyl/N-ethyl adjacent to an activating group) is 1. The third kappa shape index (κ3) is 2.48. The van der Waals surface area contributed by atoms with Gasteiger partial charge in [0.2, 0.25) is 5.91 Å². The van der Waals surface area contributed by atoms with E-state index in [1.54, 1.807) is 4.90 Å². The number of amides is 1. The minimum atomic E-state index is 0.0379. The second-order valence-corrected chi connectivity index (χ2v) is 4.81. The summed E-state index contributed by atoms with van der Waals surface area (Å²) >= 11 is 0. The van der Waals surface area contributed by atoms with Crippen LogP contribution in [0.4, 0.5) is 5.69 Å². The van der Waals surface area contributed by atoms with Gasteiger partial charge in [0.15, 0.2) is 0 Å². The van der Waals surface area contributed by atoms with Crippen LogP contribution in [0.15, 0.2) is 24.3 Å². The molecule has 0 unspecified atom stereocenters. The Morgan fingerprint density at radius 1 is 1.33 bits per heavy atom. The van der Waals surface area contributed by atoms with Gasteiger partial charge in [-0.2, -0.15) is 0 Å². The van der Waals surface area contributed by atoms with Crippen molar-refractivity contribution in [3.63, 3.8) is 0 Å². The Bertz CT molecular complexity index is 433. The zero-order chi connectivity index (χ0) is 13.1. The second kappa shape index (κ2) is 5.40. The SMILES string of the molecule is CC[C@@H](N)c1ccccc1N1CCN(C)C(=O)C1. The summed E-state index contributed by atoms with van der Waals surface area (Å²) in [5, 5.41) is 0. The number of benzene rings is 1. The summed E-state index contributed by atoms with van der Waals surface area (Å²) in [6, 6.07) is 8.17. The van der Waals surface area contributed by atoms with E-state index in [9.17, 15) is 4.79 Å². The number of hydrogen-bond acceptors (Lipinski definition) is 3. The Morgan fingerprint density at radius 2 is 2.06 bits per heavy atom. The molecular weight excluding hydrogens is 226 g/mol. The summed E-state index contributed by atoms with van der Waals surface area (Å²) in [6.45, 7) is 4.17. The van der Waals surface area contributed by atoms with Crippen LogP contribution in [0.3, 0.4) is 0 Å². The fourth-order valence-corrected chi connectivity index (χ4v) is 2.27. The molecule has 0 aromatic heterocycles. The first-order chi connectivity index (χ1) is 8.63. The van der Waals surface area contributed by atoms with E-state index in [-0.39, 0.29) is 11.9 Å². The summed E-state index contributed by atoms with van der Waals surface area (Å²) in [7, 11) is 1.85. The third-order valence-electron chi connectivity index (χ3n) is 3.57. The van der Waals surface area contributed by atoms with Crippen LogP contribution in [0.1, 0.15) is 24.9 Å². The van der Waals surface area contributed by atoms with E-state index in [1.165, 1.54) is 0 Å². The van der Waals surface area contributed by atoms with Gasteiger partial charge in [-0.3, -0.25) is 4.79 Å². The van der Waals surface area contributed by atoms with Gasteiger partial charge in [0.1, 0.15) is 0 Å². The van der Waals surface area contributed by atoms with Crippen LogP contribution in [0, 0.1) is 0 Å². The van der Waals surface area contributed by atoms with Crippen LogP contribution < -0.4 is 10.6 Å². The van der Waals surface area contributed by atoms with Gasteiger partial charge in [0.05, 0.1) is 6.54 Å². The number of piperazine rings is 1. The molecule has 0 radical (unpaired) electrons. The minimum absolute atomic E-state index is 0.0379. The molecule has 18 heavy (non-hydrogen) atoms. The van der Waals surface area contributed by atoms with Gasteiger partial charge in [0, 0.05) is 31.9 Å². The van der Waals surface area contributed by atoms with Gasteiger partial charge in [-0.1, -0.05) is 25.1 Å². The Morgan fingerprint density at radius 3 is 2.72 bits per heavy atom. The molecular formula is C14H21N3O. The highest BCUT2D eigenvalue weighted by molar-refractivity contribution is 5.83. The molecule has 98 valence electrons. The molecule has 4 nitrogen and oxygen atoms in total. The van der Waals surface area contributed by atoms with Crippen molar-refractivity contribution in [2.75, 3.05) is 31.6 Å². The lowest BCUT2D eigenvalue weighted by molar-refractivity contribution is -0.129. The van der Waals surface area contributed by atoms with E-state index < -0.39 is 0 Å². The Balaban J connectivity index is 2.25. The zero-order valence-electron chi connectivity index (χ0n) is 11.1. The van der Waals surface area contributed by atoms with Gasteiger partial charge in [-0.25, -0.2) is 0 Å². The lowest BCUT2D eigenvalue weighted by atomic mass is 10.0. The van der Waals surface area contributed by atoms with Gasteiger partial charge >= 0.3 is 0 Å². The molecule has 0 aliphatic carbocycles. The number of nitrogens with two attached hydrogens (primary N) is 1. The van der Waals surface area contributed by atoms with Gasteiger partial charge in [0.25, 0.3) is 0 Å². The standard InChI is InChI=1S/C14H21N3O/c1-3-12(15)11-6-4-5-7-13(11)17-9-8-16(2)14(18)10-17/h4-7,12H,3,8-10,15H2,1-2H3/t12-/m1/s1. The van der Waals surface area contributed by atoms with Gasteiger partial charge in [-0.15, -0.1) is 0 Å². The number of rotatable bonds is 3. The van der Waals surface area contributed by atoms with E-state index in [0.29, 0.717) is 6.54 Å². The van der Waals surface area contributed by atoms with Crippen molar-refractivity contribution in [1.29, 1.82) is 0 Å². The summed E-state index contributed by atoms with van der Waals surface area (Å²) in [4.78, 5) is 15.7. The summed E-state index contributed by atoms with van der Waals surface area (Å²) in [5.74, 6) is 0.168. The Hall–Kier alpha value is -1.55. The monoisotopic (exact) mass is 247 g/mol. The van der Waals surface area contributed by atoms with E-state index in [4.69, 9.17) is 5.73 Å². The molecule has 1 atom stereocenters. The number of hydrogen-bond donors (Lipinski definition) is 1. The number of carbonyl (C=O) groups excluding carboxylic acids is 1. The molecule has 1 aliphatic heterocycles. The maximum absolute atomic E-state index is 11.8. The number of carbonyl (C=O) groups is 1. The minimum Gasteiger partial charge on any atom is -0.360 e. The van der Waals surface area contributed by atoms with E-state index in [2.05, 4.69) is 24.0 Å². The lowest BCUT2D eigenvalue weighted by Gasteiger charge is -2.35.